The summed E-state index contributed by atoms with van der Waals surface area (Å²) in [6.45, 7) is 5.07. The van der Waals surface area contributed by atoms with Gasteiger partial charge >= 0.3 is 0 Å². The van der Waals surface area contributed by atoms with Crippen LogP contribution in [0.25, 0.3) is 0 Å². The molecule has 0 aromatic heterocycles. The Balaban J connectivity index is 1.71. The van der Waals surface area contributed by atoms with Crippen LogP contribution in [0.4, 0.5) is 5.69 Å². The summed E-state index contributed by atoms with van der Waals surface area (Å²) in [5.74, 6) is 1.37. The highest BCUT2D eigenvalue weighted by Gasteiger charge is 2.30. The minimum atomic E-state index is -0.220. The second kappa shape index (κ2) is 8.44. The van der Waals surface area contributed by atoms with Crippen molar-refractivity contribution in [2.45, 2.75) is 32.9 Å². The quantitative estimate of drug-likeness (QED) is 0.748. The van der Waals surface area contributed by atoms with Gasteiger partial charge in [0, 0.05) is 23.2 Å². The van der Waals surface area contributed by atoms with E-state index in [0.29, 0.717) is 17.0 Å². The van der Waals surface area contributed by atoms with E-state index in [1.165, 1.54) is 23.0 Å². The van der Waals surface area contributed by atoms with Gasteiger partial charge in [0.15, 0.2) is 23.3 Å². The minimum Gasteiger partial charge on any atom is -0.493 e. The summed E-state index contributed by atoms with van der Waals surface area (Å²) in [4.78, 5) is 25.5. The molecule has 148 valence electrons. The number of ether oxygens (including phenoxy) is 2. The summed E-state index contributed by atoms with van der Waals surface area (Å²) in [6, 6.07) is 10.9. The summed E-state index contributed by atoms with van der Waals surface area (Å²) in [7, 11) is 3.26. The van der Waals surface area contributed by atoms with Crippen LogP contribution in [-0.2, 0) is 17.8 Å². The second-order valence-corrected chi connectivity index (χ2v) is 7.16. The van der Waals surface area contributed by atoms with Crippen molar-refractivity contribution < 1.29 is 24.0 Å². The van der Waals surface area contributed by atoms with Crippen molar-refractivity contribution in [2.24, 2.45) is 0 Å². The number of quaternary nitrogens is 1. The summed E-state index contributed by atoms with van der Waals surface area (Å²) in [5.41, 5.74) is 3.65. The molecule has 2 aromatic carbocycles. The highest BCUT2D eigenvalue weighted by Crippen LogP contribution is 2.31. The van der Waals surface area contributed by atoms with Crippen LogP contribution in [0.2, 0.25) is 0 Å². The lowest BCUT2D eigenvalue weighted by Gasteiger charge is -2.30. The van der Waals surface area contributed by atoms with Crippen LogP contribution in [0.5, 0.6) is 11.5 Å². The number of anilines is 1. The molecule has 1 heterocycles. The number of amides is 1. The number of Topliss-reactive ketones (excluding diaryl/α,β-unsaturated/α-hetero) is 1. The van der Waals surface area contributed by atoms with Gasteiger partial charge in [-0.05, 0) is 43.7 Å². The maximum Gasteiger partial charge on any atom is 0.282 e. The van der Waals surface area contributed by atoms with Crippen LogP contribution in [-0.4, -0.2) is 38.5 Å². The number of carbonyl (C=O) groups is 2. The zero-order chi connectivity index (χ0) is 20.3. The molecule has 0 aliphatic carbocycles. The molecule has 0 fully saturated rings. The third-order valence-corrected chi connectivity index (χ3v) is 5.38. The summed E-state index contributed by atoms with van der Waals surface area (Å²) < 4.78 is 10.8. The first kappa shape index (κ1) is 19.9. The van der Waals surface area contributed by atoms with Crippen molar-refractivity contribution in [2.75, 3.05) is 26.1 Å². The lowest BCUT2D eigenvalue weighted by Crippen LogP contribution is -3.16. The van der Waals surface area contributed by atoms with Crippen LogP contribution >= 0.6 is 0 Å². The Kier molecular flexibility index (Phi) is 5.99. The van der Waals surface area contributed by atoms with Gasteiger partial charge in [-0.2, -0.15) is 0 Å². The van der Waals surface area contributed by atoms with E-state index >= 15 is 0 Å². The summed E-state index contributed by atoms with van der Waals surface area (Å²) in [6.07, 6.45) is 0.877. The highest BCUT2D eigenvalue weighted by molar-refractivity contribution is 5.97. The number of nitrogens with one attached hydrogen (secondary N) is 2. The predicted octanol–water partition coefficient (Wildman–Crippen LogP) is 1.87. The maximum atomic E-state index is 12.8. The third kappa shape index (κ3) is 4.17. The minimum absolute atomic E-state index is 0.0215. The Labute approximate surface area is 165 Å². The van der Waals surface area contributed by atoms with E-state index in [1.807, 2.05) is 19.1 Å². The van der Waals surface area contributed by atoms with E-state index in [4.69, 9.17) is 9.47 Å². The van der Waals surface area contributed by atoms with Crippen LogP contribution in [0.1, 0.15) is 35.3 Å². The van der Waals surface area contributed by atoms with Gasteiger partial charge in [0.1, 0.15) is 6.54 Å². The SMILES string of the molecule is COc1cc2c(cc1OC)C[NH+]([C@@H](C)C(=O)Nc1cccc(C(C)=O)c1)CC2. The Morgan fingerprint density at radius 2 is 1.75 bits per heavy atom. The second-order valence-electron chi connectivity index (χ2n) is 7.16. The first-order chi connectivity index (χ1) is 13.4. The number of rotatable bonds is 6. The number of hydrogen-bond donors (Lipinski definition) is 2. The normalized spacial score (nSPS) is 16.6. The molecule has 0 spiro atoms. The maximum absolute atomic E-state index is 12.8. The lowest BCUT2D eigenvalue weighted by molar-refractivity contribution is -0.929. The van der Waals surface area contributed by atoms with Gasteiger partial charge in [-0.15, -0.1) is 0 Å². The van der Waals surface area contributed by atoms with Crippen molar-refractivity contribution in [3.8, 4) is 11.5 Å². The molecule has 0 saturated heterocycles. The number of fused-ring (bicyclic) bond motifs is 1. The molecule has 0 radical (unpaired) electrons. The smallest absolute Gasteiger partial charge is 0.282 e. The fourth-order valence-electron chi connectivity index (χ4n) is 3.61. The molecule has 6 heteroatoms. The van der Waals surface area contributed by atoms with E-state index in [9.17, 15) is 9.59 Å². The molecule has 1 unspecified atom stereocenters. The van der Waals surface area contributed by atoms with Gasteiger partial charge in [-0.3, -0.25) is 9.59 Å². The molecule has 3 rings (SSSR count). The first-order valence-corrected chi connectivity index (χ1v) is 9.43. The Hall–Kier alpha value is -2.86. The van der Waals surface area contributed by atoms with E-state index in [-0.39, 0.29) is 17.7 Å². The van der Waals surface area contributed by atoms with Gasteiger partial charge in [-0.25, -0.2) is 0 Å². The Morgan fingerprint density at radius 1 is 1.07 bits per heavy atom. The lowest BCUT2D eigenvalue weighted by atomic mass is 9.97. The monoisotopic (exact) mass is 383 g/mol. The average Bonchev–Trinajstić information content (AvgIpc) is 2.71. The van der Waals surface area contributed by atoms with Crippen LogP contribution in [0, 0.1) is 0 Å². The number of benzene rings is 2. The molecular weight excluding hydrogens is 356 g/mol. The van der Waals surface area contributed by atoms with Crippen LogP contribution in [0.3, 0.4) is 0 Å². The molecule has 0 saturated carbocycles. The molecule has 2 aromatic rings. The molecule has 1 amide bonds. The Morgan fingerprint density at radius 3 is 2.39 bits per heavy atom. The topological polar surface area (TPSA) is 69.1 Å². The van der Waals surface area contributed by atoms with Crippen molar-refractivity contribution >= 4 is 17.4 Å². The van der Waals surface area contributed by atoms with E-state index in [0.717, 1.165) is 25.3 Å². The van der Waals surface area contributed by atoms with Gasteiger partial charge in [0.2, 0.25) is 0 Å². The van der Waals surface area contributed by atoms with Gasteiger partial charge < -0.3 is 19.7 Å². The van der Waals surface area contributed by atoms with Gasteiger partial charge in [0.25, 0.3) is 5.91 Å². The summed E-state index contributed by atoms with van der Waals surface area (Å²) in [5, 5.41) is 2.94. The number of carbonyl (C=O) groups excluding carboxylic acids is 2. The number of ketones is 1. The van der Waals surface area contributed by atoms with Crippen molar-refractivity contribution in [3.05, 3.63) is 53.1 Å². The van der Waals surface area contributed by atoms with E-state index in [2.05, 4.69) is 5.32 Å². The Bertz CT molecular complexity index is 894. The average molecular weight is 383 g/mol. The fourth-order valence-corrected chi connectivity index (χ4v) is 3.61. The standard InChI is InChI=1S/C22H26N2O4/c1-14(22(26)23-19-7-5-6-16(10-19)15(2)25)24-9-8-17-11-20(27-3)21(28-4)12-18(17)13-24/h5-7,10-12,14H,8-9,13H2,1-4H3,(H,23,26)/p+1/t14-/m0/s1. The third-order valence-electron chi connectivity index (χ3n) is 5.38. The zero-order valence-electron chi connectivity index (χ0n) is 16.8. The molecule has 28 heavy (non-hydrogen) atoms. The predicted molar refractivity (Wildman–Crippen MR) is 107 cm³/mol. The van der Waals surface area contributed by atoms with Crippen LogP contribution < -0.4 is 19.7 Å². The van der Waals surface area contributed by atoms with Gasteiger partial charge in [0.05, 0.1) is 20.8 Å². The van der Waals surface area contributed by atoms with Gasteiger partial charge in [-0.1, -0.05) is 12.1 Å². The molecule has 6 nitrogen and oxygen atoms in total. The molecule has 2 N–H and O–H groups in total. The number of methoxy groups -OCH3 is 2. The largest absolute Gasteiger partial charge is 0.493 e. The zero-order valence-corrected chi connectivity index (χ0v) is 16.8. The highest BCUT2D eigenvalue weighted by atomic mass is 16.5. The van der Waals surface area contributed by atoms with Crippen LogP contribution in [0.15, 0.2) is 36.4 Å². The molecule has 1 aliphatic heterocycles. The van der Waals surface area contributed by atoms with E-state index in [1.54, 1.807) is 38.5 Å². The van der Waals surface area contributed by atoms with Crippen molar-refractivity contribution in [1.82, 2.24) is 0 Å². The molecule has 1 aliphatic rings. The first-order valence-electron chi connectivity index (χ1n) is 9.43. The molecule has 0 bridgehead atoms. The van der Waals surface area contributed by atoms with E-state index < -0.39 is 0 Å². The fraction of sp³-hybridized carbons (Fsp3) is 0.364. The molecular formula is C22H27N2O4+. The van der Waals surface area contributed by atoms with Crippen molar-refractivity contribution in [1.29, 1.82) is 0 Å². The summed E-state index contributed by atoms with van der Waals surface area (Å²) >= 11 is 0. The number of hydrogen-bond acceptors (Lipinski definition) is 4. The molecule has 2 atom stereocenters. The van der Waals surface area contributed by atoms with Crippen molar-refractivity contribution in [3.63, 3.8) is 0 Å².